The van der Waals surface area contributed by atoms with Gasteiger partial charge < -0.3 is 5.32 Å². The lowest BCUT2D eigenvalue weighted by molar-refractivity contribution is -0.130. The van der Waals surface area contributed by atoms with Gasteiger partial charge in [-0.2, -0.15) is 0 Å². The van der Waals surface area contributed by atoms with Crippen LogP contribution < -0.4 is 5.32 Å². The topological polar surface area (TPSA) is 52.7 Å². The van der Waals surface area contributed by atoms with E-state index in [0.717, 1.165) is 37.9 Å². The second kappa shape index (κ2) is 6.51. The number of halogens is 1. The standard InChI is InChI=1S/C18H24FN3O2/c1-18(2)16(23)22(17(24)20-18)12-4-11-21-10-3-5-15(21)13-6-8-14(19)9-7-13/h6-9,15H,3-5,10-12H2,1-2H3,(H,20,24)/t15-/m0/s1. The highest BCUT2D eigenvalue weighted by atomic mass is 19.1. The van der Waals surface area contributed by atoms with Gasteiger partial charge in [-0.05, 0) is 57.4 Å². The van der Waals surface area contributed by atoms with Crippen LogP contribution in [0.3, 0.4) is 0 Å². The van der Waals surface area contributed by atoms with Crippen LogP contribution in [-0.4, -0.2) is 46.9 Å². The van der Waals surface area contributed by atoms with Crippen LogP contribution in [-0.2, 0) is 4.79 Å². The zero-order valence-corrected chi connectivity index (χ0v) is 14.2. The van der Waals surface area contributed by atoms with Crippen molar-refractivity contribution in [3.63, 3.8) is 0 Å². The van der Waals surface area contributed by atoms with Crippen LogP contribution in [0, 0.1) is 5.82 Å². The minimum atomic E-state index is -0.804. The molecule has 24 heavy (non-hydrogen) atoms. The Morgan fingerprint density at radius 3 is 2.54 bits per heavy atom. The molecule has 130 valence electrons. The van der Waals surface area contributed by atoms with Gasteiger partial charge in [-0.15, -0.1) is 0 Å². The van der Waals surface area contributed by atoms with Gasteiger partial charge >= 0.3 is 6.03 Å². The molecule has 1 N–H and O–H groups in total. The van der Waals surface area contributed by atoms with Gasteiger partial charge in [-0.1, -0.05) is 12.1 Å². The van der Waals surface area contributed by atoms with Gasteiger partial charge in [0.15, 0.2) is 0 Å². The average molecular weight is 333 g/mol. The van der Waals surface area contributed by atoms with E-state index in [-0.39, 0.29) is 17.8 Å². The molecule has 0 saturated carbocycles. The van der Waals surface area contributed by atoms with Crippen molar-refractivity contribution in [3.8, 4) is 0 Å². The predicted octanol–water partition coefficient (Wildman–Crippen LogP) is 2.68. The lowest BCUT2D eigenvalue weighted by atomic mass is 10.0. The summed E-state index contributed by atoms with van der Waals surface area (Å²) in [6, 6.07) is 6.69. The molecule has 3 amide bonds. The number of likely N-dealkylation sites (tertiary alicyclic amines) is 1. The summed E-state index contributed by atoms with van der Waals surface area (Å²) in [7, 11) is 0. The number of rotatable bonds is 5. The summed E-state index contributed by atoms with van der Waals surface area (Å²) in [5.41, 5.74) is 0.325. The van der Waals surface area contributed by atoms with Crippen molar-refractivity contribution in [2.75, 3.05) is 19.6 Å². The second-order valence-corrected chi connectivity index (χ2v) is 7.11. The Morgan fingerprint density at radius 1 is 1.21 bits per heavy atom. The minimum absolute atomic E-state index is 0.163. The Kier molecular flexibility index (Phi) is 4.58. The van der Waals surface area contributed by atoms with Crippen LogP contribution in [0.1, 0.15) is 44.7 Å². The zero-order valence-electron chi connectivity index (χ0n) is 14.2. The number of amides is 3. The number of urea groups is 1. The first-order valence-electron chi connectivity index (χ1n) is 8.52. The largest absolute Gasteiger partial charge is 0.325 e. The molecule has 1 aromatic carbocycles. The fourth-order valence-corrected chi connectivity index (χ4v) is 3.61. The Labute approximate surface area is 141 Å². The fraction of sp³-hybridized carbons (Fsp3) is 0.556. The van der Waals surface area contributed by atoms with Crippen molar-refractivity contribution in [2.24, 2.45) is 0 Å². The van der Waals surface area contributed by atoms with E-state index in [1.807, 2.05) is 12.1 Å². The third kappa shape index (κ3) is 3.29. The molecule has 3 rings (SSSR count). The van der Waals surface area contributed by atoms with Crippen molar-refractivity contribution < 1.29 is 14.0 Å². The molecule has 1 aromatic rings. The molecule has 5 nitrogen and oxygen atoms in total. The number of benzene rings is 1. The van der Waals surface area contributed by atoms with E-state index in [2.05, 4.69) is 10.2 Å². The molecule has 0 aliphatic carbocycles. The molecule has 1 atom stereocenters. The van der Waals surface area contributed by atoms with Crippen LogP contribution in [0.25, 0.3) is 0 Å². The van der Waals surface area contributed by atoms with Gasteiger partial charge in [0.25, 0.3) is 5.91 Å². The zero-order chi connectivity index (χ0) is 17.3. The minimum Gasteiger partial charge on any atom is -0.324 e. The van der Waals surface area contributed by atoms with Gasteiger partial charge in [0.2, 0.25) is 0 Å². The van der Waals surface area contributed by atoms with E-state index in [1.54, 1.807) is 13.8 Å². The van der Waals surface area contributed by atoms with Crippen molar-refractivity contribution >= 4 is 11.9 Å². The van der Waals surface area contributed by atoms with Crippen molar-refractivity contribution in [1.29, 1.82) is 0 Å². The maximum absolute atomic E-state index is 13.1. The normalized spacial score (nSPS) is 23.8. The maximum Gasteiger partial charge on any atom is 0.325 e. The van der Waals surface area contributed by atoms with Crippen LogP contribution in [0.4, 0.5) is 9.18 Å². The molecule has 0 unspecified atom stereocenters. The Morgan fingerprint density at radius 2 is 1.92 bits per heavy atom. The van der Waals surface area contributed by atoms with E-state index in [4.69, 9.17) is 0 Å². The molecule has 2 aliphatic heterocycles. The van der Waals surface area contributed by atoms with E-state index in [0.29, 0.717) is 12.6 Å². The average Bonchev–Trinajstić information content (AvgIpc) is 3.06. The van der Waals surface area contributed by atoms with E-state index in [9.17, 15) is 14.0 Å². The first-order valence-corrected chi connectivity index (χ1v) is 8.52. The maximum atomic E-state index is 13.1. The molecule has 2 fully saturated rings. The van der Waals surface area contributed by atoms with Crippen LogP contribution in [0.15, 0.2) is 24.3 Å². The monoisotopic (exact) mass is 333 g/mol. The summed E-state index contributed by atoms with van der Waals surface area (Å²) in [6.07, 6.45) is 2.91. The van der Waals surface area contributed by atoms with Crippen LogP contribution >= 0.6 is 0 Å². The third-order valence-electron chi connectivity index (χ3n) is 4.89. The highest BCUT2D eigenvalue weighted by molar-refractivity contribution is 6.06. The summed E-state index contributed by atoms with van der Waals surface area (Å²) in [6.45, 7) is 5.69. The summed E-state index contributed by atoms with van der Waals surface area (Å²) in [5, 5.41) is 2.70. The van der Waals surface area contributed by atoms with Crippen molar-refractivity contribution in [1.82, 2.24) is 15.1 Å². The first-order chi connectivity index (χ1) is 11.4. The van der Waals surface area contributed by atoms with Crippen LogP contribution in [0.5, 0.6) is 0 Å². The van der Waals surface area contributed by atoms with Gasteiger partial charge in [-0.3, -0.25) is 14.6 Å². The molecule has 2 heterocycles. The van der Waals surface area contributed by atoms with Crippen molar-refractivity contribution in [3.05, 3.63) is 35.6 Å². The van der Waals surface area contributed by atoms with E-state index < -0.39 is 5.54 Å². The number of hydrogen-bond acceptors (Lipinski definition) is 3. The first kappa shape index (κ1) is 16.9. The molecule has 0 aromatic heterocycles. The number of imide groups is 1. The molecule has 2 aliphatic rings. The highest BCUT2D eigenvalue weighted by Crippen LogP contribution is 2.32. The Balaban J connectivity index is 1.55. The molecular weight excluding hydrogens is 309 g/mol. The smallest absolute Gasteiger partial charge is 0.324 e. The number of carbonyl (C=O) groups excluding carboxylic acids is 2. The molecule has 0 radical (unpaired) electrons. The summed E-state index contributed by atoms with van der Waals surface area (Å²) >= 11 is 0. The Bertz CT molecular complexity index is 630. The molecule has 0 bridgehead atoms. The van der Waals surface area contributed by atoms with E-state index in [1.165, 1.54) is 17.0 Å². The van der Waals surface area contributed by atoms with Gasteiger partial charge in [0.05, 0.1) is 0 Å². The number of nitrogens with one attached hydrogen (secondary N) is 1. The van der Waals surface area contributed by atoms with Crippen LogP contribution in [0.2, 0.25) is 0 Å². The van der Waals surface area contributed by atoms with E-state index >= 15 is 0 Å². The number of carbonyl (C=O) groups is 2. The fourth-order valence-electron chi connectivity index (χ4n) is 3.61. The molecule has 2 saturated heterocycles. The van der Waals surface area contributed by atoms with Gasteiger partial charge in [0, 0.05) is 19.1 Å². The van der Waals surface area contributed by atoms with Crippen molar-refractivity contribution in [2.45, 2.75) is 44.7 Å². The molecular formula is C18H24FN3O2. The summed E-state index contributed by atoms with van der Waals surface area (Å²) < 4.78 is 13.1. The summed E-state index contributed by atoms with van der Waals surface area (Å²) in [4.78, 5) is 27.7. The lowest BCUT2D eigenvalue weighted by Gasteiger charge is -2.25. The SMILES string of the molecule is CC1(C)NC(=O)N(CCCN2CCC[C@H]2c2ccc(F)cc2)C1=O. The Hall–Kier alpha value is -1.95. The highest BCUT2D eigenvalue weighted by Gasteiger charge is 2.43. The third-order valence-corrected chi connectivity index (χ3v) is 4.89. The predicted molar refractivity (Wildman–Crippen MR) is 88.9 cm³/mol. The lowest BCUT2D eigenvalue weighted by Crippen LogP contribution is -2.40. The molecule has 6 heteroatoms. The quantitative estimate of drug-likeness (QED) is 0.843. The molecule has 0 spiro atoms. The van der Waals surface area contributed by atoms with Gasteiger partial charge in [-0.25, -0.2) is 9.18 Å². The summed E-state index contributed by atoms with van der Waals surface area (Å²) in [5.74, 6) is -0.381. The second-order valence-electron chi connectivity index (χ2n) is 7.11. The number of hydrogen-bond donors (Lipinski definition) is 1. The number of nitrogens with zero attached hydrogens (tertiary/aromatic N) is 2. The van der Waals surface area contributed by atoms with Gasteiger partial charge in [0.1, 0.15) is 11.4 Å².